The van der Waals surface area contributed by atoms with Crippen molar-refractivity contribution in [3.63, 3.8) is 0 Å². The number of nitrogens with one attached hydrogen (secondary N) is 1. The van der Waals surface area contributed by atoms with Gasteiger partial charge in [0.2, 0.25) is 5.91 Å². The largest absolute Gasteiger partial charge is 0.350 e. The molecule has 108 valence electrons. The summed E-state index contributed by atoms with van der Waals surface area (Å²) in [6, 6.07) is 1.82. The molecule has 0 aliphatic heterocycles. The SMILES string of the molecule is CSc1nc2ccsc2c(=O)n1CC(=O)NC(C)(C)C. The molecule has 0 aliphatic rings. The lowest BCUT2D eigenvalue weighted by molar-refractivity contribution is -0.123. The lowest BCUT2D eigenvalue weighted by Gasteiger charge is -2.21. The highest BCUT2D eigenvalue weighted by Gasteiger charge is 2.17. The maximum atomic E-state index is 12.4. The number of aromatic nitrogens is 2. The van der Waals surface area contributed by atoms with Crippen LogP contribution in [-0.2, 0) is 11.3 Å². The second-order valence-electron chi connectivity index (χ2n) is 5.42. The second-order valence-corrected chi connectivity index (χ2v) is 7.11. The lowest BCUT2D eigenvalue weighted by Crippen LogP contribution is -2.43. The van der Waals surface area contributed by atoms with E-state index in [1.807, 2.05) is 38.5 Å². The maximum Gasteiger partial charge on any atom is 0.272 e. The molecule has 0 saturated heterocycles. The third kappa shape index (κ3) is 3.21. The maximum absolute atomic E-state index is 12.4. The van der Waals surface area contributed by atoms with Crippen LogP contribution in [0.3, 0.4) is 0 Å². The molecule has 7 heteroatoms. The number of nitrogens with zero attached hydrogens (tertiary/aromatic N) is 2. The summed E-state index contributed by atoms with van der Waals surface area (Å²) in [6.45, 7) is 5.71. The summed E-state index contributed by atoms with van der Waals surface area (Å²) in [5, 5.41) is 5.25. The average Bonchev–Trinajstić information content (AvgIpc) is 2.78. The first kappa shape index (κ1) is 15.1. The average molecular weight is 311 g/mol. The van der Waals surface area contributed by atoms with Gasteiger partial charge in [-0.15, -0.1) is 11.3 Å². The monoisotopic (exact) mass is 311 g/mol. The number of thiophene rings is 1. The van der Waals surface area contributed by atoms with E-state index in [2.05, 4.69) is 10.3 Å². The Morgan fingerprint density at radius 3 is 2.80 bits per heavy atom. The molecule has 0 spiro atoms. The third-order valence-corrected chi connectivity index (χ3v) is 4.10. The Labute approximate surface area is 125 Å². The fourth-order valence-electron chi connectivity index (χ4n) is 1.82. The molecule has 2 heterocycles. The van der Waals surface area contributed by atoms with Crippen LogP contribution in [0.2, 0.25) is 0 Å². The zero-order valence-electron chi connectivity index (χ0n) is 11.9. The number of rotatable bonds is 3. The van der Waals surface area contributed by atoms with Crippen molar-refractivity contribution in [2.24, 2.45) is 0 Å². The molecule has 0 aromatic carbocycles. The Bertz CT molecular complexity index is 698. The Balaban J connectivity index is 2.40. The third-order valence-electron chi connectivity index (χ3n) is 2.53. The van der Waals surface area contributed by atoms with E-state index in [1.54, 1.807) is 0 Å². The van der Waals surface area contributed by atoms with Gasteiger partial charge in [0.1, 0.15) is 11.2 Å². The molecular formula is C13H17N3O2S2. The van der Waals surface area contributed by atoms with Gasteiger partial charge in [-0.05, 0) is 38.5 Å². The summed E-state index contributed by atoms with van der Waals surface area (Å²) >= 11 is 2.72. The van der Waals surface area contributed by atoms with Crippen LogP contribution in [0.15, 0.2) is 21.4 Å². The summed E-state index contributed by atoms with van der Waals surface area (Å²) < 4.78 is 2.02. The van der Waals surface area contributed by atoms with E-state index in [9.17, 15) is 9.59 Å². The fourth-order valence-corrected chi connectivity index (χ4v) is 3.16. The molecule has 0 bridgehead atoms. The zero-order valence-corrected chi connectivity index (χ0v) is 13.5. The molecule has 2 aromatic heterocycles. The van der Waals surface area contributed by atoms with Gasteiger partial charge in [0.05, 0.1) is 5.52 Å². The van der Waals surface area contributed by atoms with Gasteiger partial charge >= 0.3 is 0 Å². The van der Waals surface area contributed by atoms with Crippen LogP contribution >= 0.6 is 23.1 Å². The summed E-state index contributed by atoms with van der Waals surface area (Å²) in [5.41, 5.74) is 0.218. The minimum atomic E-state index is -0.319. The first-order chi connectivity index (χ1) is 9.31. The molecule has 5 nitrogen and oxygen atoms in total. The van der Waals surface area contributed by atoms with Gasteiger partial charge in [-0.3, -0.25) is 14.2 Å². The minimum Gasteiger partial charge on any atom is -0.350 e. The molecule has 20 heavy (non-hydrogen) atoms. The molecule has 0 saturated carbocycles. The minimum absolute atomic E-state index is 0.00683. The molecule has 2 aromatic rings. The van der Waals surface area contributed by atoms with Crippen LogP contribution in [0.25, 0.3) is 10.2 Å². The van der Waals surface area contributed by atoms with Crippen LogP contribution < -0.4 is 10.9 Å². The molecule has 1 amide bonds. The van der Waals surface area contributed by atoms with E-state index >= 15 is 0 Å². The van der Waals surface area contributed by atoms with Crippen molar-refractivity contribution in [1.29, 1.82) is 0 Å². The van der Waals surface area contributed by atoms with Gasteiger partial charge < -0.3 is 5.32 Å². The molecule has 0 atom stereocenters. The van der Waals surface area contributed by atoms with E-state index < -0.39 is 0 Å². The van der Waals surface area contributed by atoms with Crippen LogP contribution in [0.4, 0.5) is 0 Å². The number of amides is 1. The van der Waals surface area contributed by atoms with Gasteiger partial charge in [0.25, 0.3) is 5.56 Å². The number of hydrogen-bond acceptors (Lipinski definition) is 5. The Morgan fingerprint density at radius 2 is 2.20 bits per heavy atom. The van der Waals surface area contributed by atoms with Crippen molar-refractivity contribution in [3.8, 4) is 0 Å². The number of hydrogen-bond donors (Lipinski definition) is 1. The predicted molar refractivity (Wildman–Crippen MR) is 83.6 cm³/mol. The van der Waals surface area contributed by atoms with Gasteiger partial charge in [0, 0.05) is 5.54 Å². The highest BCUT2D eigenvalue weighted by molar-refractivity contribution is 7.98. The quantitative estimate of drug-likeness (QED) is 0.696. The van der Waals surface area contributed by atoms with Crippen molar-refractivity contribution in [2.45, 2.75) is 38.0 Å². The van der Waals surface area contributed by atoms with E-state index in [-0.39, 0.29) is 23.6 Å². The van der Waals surface area contributed by atoms with Crippen molar-refractivity contribution in [3.05, 3.63) is 21.8 Å². The Hall–Kier alpha value is -1.34. The van der Waals surface area contributed by atoms with Crippen molar-refractivity contribution in [2.75, 3.05) is 6.26 Å². The molecule has 0 unspecified atom stereocenters. The second kappa shape index (κ2) is 5.57. The van der Waals surface area contributed by atoms with Gasteiger partial charge in [-0.1, -0.05) is 11.8 Å². The van der Waals surface area contributed by atoms with Crippen LogP contribution in [0, 0.1) is 0 Å². The fraction of sp³-hybridized carbons (Fsp3) is 0.462. The van der Waals surface area contributed by atoms with Crippen LogP contribution in [-0.4, -0.2) is 27.3 Å². The number of thioether (sulfide) groups is 1. The number of fused-ring (bicyclic) bond motifs is 1. The predicted octanol–water partition coefficient (Wildman–Crippen LogP) is 2.09. The first-order valence-electron chi connectivity index (χ1n) is 6.15. The van der Waals surface area contributed by atoms with Crippen LogP contribution in [0.5, 0.6) is 0 Å². The summed E-state index contributed by atoms with van der Waals surface area (Å²) in [6.07, 6.45) is 1.85. The van der Waals surface area contributed by atoms with E-state index in [0.29, 0.717) is 15.4 Å². The first-order valence-corrected chi connectivity index (χ1v) is 8.25. The molecular weight excluding hydrogens is 294 g/mol. The van der Waals surface area contributed by atoms with E-state index in [0.717, 1.165) is 0 Å². The standard InChI is InChI=1S/C13H17N3O2S2/c1-13(2,3)15-9(17)7-16-11(18)10-8(5-6-20-10)14-12(16)19-4/h5-6H,7H2,1-4H3,(H,15,17). The normalized spacial score (nSPS) is 11.8. The highest BCUT2D eigenvalue weighted by Crippen LogP contribution is 2.19. The molecule has 0 fully saturated rings. The summed E-state index contributed by atoms with van der Waals surface area (Å²) in [7, 11) is 0. The number of carbonyl (C=O) groups is 1. The highest BCUT2D eigenvalue weighted by atomic mass is 32.2. The molecule has 1 N–H and O–H groups in total. The molecule has 0 aliphatic carbocycles. The van der Waals surface area contributed by atoms with Gasteiger partial charge in [-0.25, -0.2) is 4.98 Å². The zero-order chi connectivity index (χ0) is 14.9. The topological polar surface area (TPSA) is 64.0 Å². The molecule has 0 radical (unpaired) electrons. The van der Waals surface area contributed by atoms with Crippen molar-refractivity contribution in [1.82, 2.24) is 14.9 Å². The smallest absolute Gasteiger partial charge is 0.272 e. The van der Waals surface area contributed by atoms with E-state index in [4.69, 9.17) is 0 Å². The van der Waals surface area contributed by atoms with Crippen molar-refractivity contribution >= 4 is 39.2 Å². The van der Waals surface area contributed by atoms with Crippen LogP contribution in [0.1, 0.15) is 20.8 Å². The van der Waals surface area contributed by atoms with Gasteiger partial charge in [0.15, 0.2) is 5.16 Å². The van der Waals surface area contributed by atoms with Crippen molar-refractivity contribution < 1.29 is 4.79 Å². The Kier molecular flexibility index (Phi) is 4.19. The molecule has 2 rings (SSSR count). The summed E-state index contributed by atoms with van der Waals surface area (Å²) in [4.78, 5) is 28.8. The Morgan fingerprint density at radius 1 is 1.50 bits per heavy atom. The lowest BCUT2D eigenvalue weighted by atomic mass is 10.1. The van der Waals surface area contributed by atoms with Gasteiger partial charge in [-0.2, -0.15) is 0 Å². The number of carbonyl (C=O) groups excluding carboxylic acids is 1. The van der Waals surface area contributed by atoms with E-state index in [1.165, 1.54) is 27.7 Å². The summed E-state index contributed by atoms with van der Waals surface area (Å²) in [5.74, 6) is -0.187.